The molecule has 0 atom stereocenters. The molecule has 0 aliphatic heterocycles. The maximum atomic E-state index is 9.43. The van der Waals surface area contributed by atoms with Crippen LogP contribution in [0.2, 0.25) is 0 Å². The molecule has 0 unspecified atom stereocenters. The van der Waals surface area contributed by atoms with Crippen molar-refractivity contribution in [2.75, 3.05) is 0 Å². The molecule has 0 aromatic rings. The molecular formula is C12H16CeO16V. The Hall–Kier alpha value is -2.28. The third kappa shape index (κ3) is 83.5. The predicted octanol–water partition coefficient (Wildman–Crippen LogP) is -1.82. The number of hydrogen-bond acceptors (Lipinski definition) is 8. The Kier molecular flexibility index (Phi) is 37.4. The number of carbonyl (C=O) groups is 8. The molecule has 0 rings (SSSR count). The van der Waals surface area contributed by atoms with Crippen molar-refractivity contribution in [3.8, 4) is 0 Å². The molecule has 169 valence electrons. The van der Waals surface area contributed by atoms with Gasteiger partial charge in [-0.1, -0.05) is 0 Å². The second-order valence-corrected chi connectivity index (χ2v) is 3.86. The second kappa shape index (κ2) is 26.7. The molecule has 0 aliphatic carbocycles. The summed E-state index contributed by atoms with van der Waals surface area (Å²) < 4.78 is 0. The zero-order valence-electron chi connectivity index (χ0n) is 14.6. The number of rotatable bonds is 8. The first-order valence-electron chi connectivity index (χ1n) is 6.25. The number of aliphatic carboxylic acids is 8. The van der Waals surface area contributed by atoms with Gasteiger partial charge in [-0.2, -0.15) is 0 Å². The van der Waals surface area contributed by atoms with Crippen LogP contribution in [0.1, 0.15) is 25.7 Å². The SMILES string of the molecule is O=C(O)CC(=O)O.O=C(O)CC(=O)O.O=C(O)CC(=O)O.O=C(O)CC(=O)O.[Ce].[V]. The molecule has 0 saturated carbocycles. The van der Waals surface area contributed by atoms with Crippen molar-refractivity contribution in [1.82, 2.24) is 0 Å². The van der Waals surface area contributed by atoms with Crippen molar-refractivity contribution >= 4 is 47.8 Å². The van der Waals surface area contributed by atoms with E-state index in [1.165, 1.54) is 0 Å². The Balaban J connectivity index is -0.0000000626. The summed E-state index contributed by atoms with van der Waals surface area (Å²) in [5, 5.41) is 61.6. The normalized spacial score (nSPS) is 7.47. The van der Waals surface area contributed by atoms with Gasteiger partial charge in [0.2, 0.25) is 0 Å². The fourth-order valence-electron chi connectivity index (χ4n) is 0.517. The van der Waals surface area contributed by atoms with Gasteiger partial charge in [0, 0.05) is 60.3 Å². The fourth-order valence-corrected chi connectivity index (χ4v) is 0.517. The van der Waals surface area contributed by atoms with Crippen LogP contribution in [-0.4, -0.2) is 88.6 Å². The molecule has 0 aliphatic rings. The van der Waals surface area contributed by atoms with Crippen LogP contribution in [0.5, 0.6) is 0 Å². The Bertz CT molecular complexity index is 449. The Labute approximate surface area is 211 Å². The van der Waals surface area contributed by atoms with Crippen molar-refractivity contribution in [3.63, 3.8) is 0 Å². The van der Waals surface area contributed by atoms with E-state index in [1.807, 2.05) is 0 Å². The van der Waals surface area contributed by atoms with E-state index in [9.17, 15) is 38.4 Å². The predicted molar refractivity (Wildman–Crippen MR) is 79.6 cm³/mol. The molecule has 0 fully saturated rings. The Morgan fingerprint density at radius 3 is 0.400 bits per heavy atom. The second-order valence-electron chi connectivity index (χ2n) is 3.86. The summed E-state index contributed by atoms with van der Waals surface area (Å²) in [5.74, 6) is -10.5. The monoisotopic (exact) mass is 607 g/mol. The van der Waals surface area contributed by atoms with Gasteiger partial charge in [-0.05, 0) is 0 Å². The molecular weight excluding hydrogens is 591 g/mol. The molecule has 0 heterocycles. The van der Waals surface area contributed by atoms with Gasteiger partial charge in [0.05, 0.1) is 0 Å². The summed E-state index contributed by atoms with van der Waals surface area (Å²) in [4.78, 5) is 75.4. The number of carboxylic acid groups (broad SMARTS) is 8. The van der Waals surface area contributed by atoms with Crippen LogP contribution >= 0.6 is 0 Å². The van der Waals surface area contributed by atoms with Gasteiger partial charge in [0.25, 0.3) is 0 Å². The molecule has 0 amide bonds. The molecule has 0 saturated heterocycles. The van der Waals surface area contributed by atoms with Crippen LogP contribution in [0.3, 0.4) is 0 Å². The Morgan fingerprint density at radius 1 is 0.333 bits per heavy atom. The Morgan fingerprint density at radius 2 is 0.400 bits per heavy atom. The van der Waals surface area contributed by atoms with E-state index in [0.717, 1.165) is 0 Å². The van der Waals surface area contributed by atoms with Gasteiger partial charge >= 0.3 is 47.8 Å². The topological polar surface area (TPSA) is 298 Å². The standard InChI is InChI=1S/4C3H4O4.Ce.V/c4*4-2(5)1-3(6)7;;/h4*1H2,(H,4,5)(H,6,7);;. The molecule has 0 spiro atoms. The number of carboxylic acids is 8. The maximum Gasteiger partial charge on any atom is 0.314 e. The minimum Gasteiger partial charge on any atom is -0.481 e. The summed E-state index contributed by atoms with van der Waals surface area (Å²) in [6.07, 6.45) is -3.22. The summed E-state index contributed by atoms with van der Waals surface area (Å²) in [6.45, 7) is 0. The van der Waals surface area contributed by atoms with Crippen LogP contribution < -0.4 is 0 Å². The van der Waals surface area contributed by atoms with E-state index < -0.39 is 73.4 Å². The van der Waals surface area contributed by atoms with Crippen LogP contribution in [0, 0.1) is 41.7 Å². The molecule has 0 aromatic carbocycles. The molecule has 0 aromatic heterocycles. The summed E-state index contributed by atoms with van der Waals surface area (Å²) in [5.41, 5.74) is 0. The van der Waals surface area contributed by atoms with E-state index in [0.29, 0.717) is 0 Å². The minimum absolute atomic E-state index is 0. The fraction of sp³-hybridized carbons (Fsp3) is 0.333. The van der Waals surface area contributed by atoms with Crippen LogP contribution in [-0.2, 0) is 56.9 Å². The van der Waals surface area contributed by atoms with Crippen molar-refractivity contribution < 1.29 is 140 Å². The van der Waals surface area contributed by atoms with Gasteiger partial charge in [-0.25, -0.2) is 0 Å². The summed E-state index contributed by atoms with van der Waals surface area (Å²) >= 11 is 0. The number of hydrogen-bond donors (Lipinski definition) is 8. The van der Waals surface area contributed by atoms with Gasteiger partial charge in [-0.15, -0.1) is 0 Å². The van der Waals surface area contributed by atoms with Crippen molar-refractivity contribution in [2.45, 2.75) is 25.7 Å². The quantitative estimate of drug-likeness (QED) is 0.141. The molecule has 8 N–H and O–H groups in total. The largest absolute Gasteiger partial charge is 0.481 e. The van der Waals surface area contributed by atoms with E-state index in [-0.39, 0.29) is 60.3 Å². The van der Waals surface area contributed by atoms with E-state index in [2.05, 4.69) is 0 Å². The van der Waals surface area contributed by atoms with Crippen LogP contribution in [0.15, 0.2) is 0 Å². The van der Waals surface area contributed by atoms with Crippen molar-refractivity contribution in [2.24, 2.45) is 0 Å². The minimum atomic E-state index is -1.31. The van der Waals surface area contributed by atoms with Crippen molar-refractivity contribution in [3.05, 3.63) is 0 Å². The average Bonchev–Trinajstić information content (AvgIpc) is 2.32. The van der Waals surface area contributed by atoms with Gasteiger partial charge in [-0.3, -0.25) is 38.4 Å². The van der Waals surface area contributed by atoms with E-state index in [1.54, 1.807) is 0 Å². The third-order valence-electron chi connectivity index (χ3n) is 1.21. The first-order valence-corrected chi connectivity index (χ1v) is 6.25. The van der Waals surface area contributed by atoms with E-state index >= 15 is 0 Å². The first-order chi connectivity index (χ1) is 12.5. The molecule has 30 heavy (non-hydrogen) atoms. The van der Waals surface area contributed by atoms with Gasteiger partial charge in [0.15, 0.2) is 0 Å². The molecule has 18 heteroatoms. The van der Waals surface area contributed by atoms with Crippen LogP contribution in [0.4, 0.5) is 0 Å². The maximum absolute atomic E-state index is 9.43. The molecule has 0 bridgehead atoms. The van der Waals surface area contributed by atoms with Crippen LogP contribution in [0.25, 0.3) is 0 Å². The van der Waals surface area contributed by atoms with Crippen molar-refractivity contribution in [1.29, 1.82) is 0 Å². The zero-order valence-corrected chi connectivity index (χ0v) is 19.2. The molecule has 1 radical (unpaired) electrons. The zero-order chi connectivity index (χ0) is 23.4. The average molecular weight is 607 g/mol. The smallest absolute Gasteiger partial charge is 0.314 e. The third-order valence-corrected chi connectivity index (χ3v) is 1.21. The van der Waals surface area contributed by atoms with E-state index in [4.69, 9.17) is 40.9 Å². The molecule has 16 nitrogen and oxygen atoms in total. The first kappa shape index (κ1) is 42.0. The van der Waals surface area contributed by atoms with Gasteiger partial charge < -0.3 is 40.9 Å². The summed E-state index contributed by atoms with van der Waals surface area (Å²) in [6, 6.07) is 0. The van der Waals surface area contributed by atoms with Gasteiger partial charge in [0.1, 0.15) is 25.7 Å². The summed E-state index contributed by atoms with van der Waals surface area (Å²) in [7, 11) is 0.